The number of hydrogen-bond donors (Lipinski definition) is 2. The van der Waals surface area contributed by atoms with Gasteiger partial charge in [0.2, 0.25) is 5.95 Å². The Balaban J connectivity index is 1.47. The van der Waals surface area contributed by atoms with Crippen LogP contribution in [0.25, 0.3) is 33.5 Å². The van der Waals surface area contributed by atoms with Gasteiger partial charge in [0.25, 0.3) is 0 Å². The van der Waals surface area contributed by atoms with Gasteiger partial charge in [-0.25, -0.2) is 9.97 Å². The van der Waals surface area contributed by atoms with Gasteiger partial charge < -0.3 is 19.8 Å². The molecule has 0 bridgehead atoms. The van der Waals surface area contributed by atoms with Crippen LogP contribution < -0.4 is 10.2 Å². The lowest BCUT2D eigenvalue weighted by molar-refractivity contribution is 0.145. The molecule has 0 atom stereocenters. The third-order valence-electron chi connectivity index (χ3n) is 5.61. The highest BCUT2D eigenvalue weighted by Gasteiger charge is 2.18. The normalized spacial score (nSPS) is 14.9. The fourth-order valence-corrected chi connectivity index (χ4v) is 3.90. The molecule has 0 radical (unpaired) electrons. The molecule has 1 aliphatic heterocycles. The molecule has 2 N–H and O–H groups in total. The average molecular weight is 401 g/mol. The van der Waals surface area contributed by atoms with Crippen molar-refractivity contribution in [3.63, 3.8) is 0 Å². The maximum Gasteiger partial charge on any atom is 0.222 e. The fourth-order valence-electron chi connectivity index (χ4n) is 3.90. The first-order valence-electron chi connectivity index (χ1n) is 10.2. The largest absolute Gasteiger partial charge is 0.393 e. The summed E-state index contributed by atoms with van der Waals surface area (Å²) < 4.78 is 5.69. The first kappa shape index (κ1) is 18.6. The minimum absolute atomic E-state index is 0.172. The van der Waals surface area contributed by atoms with Crippen molar-refractivity contribution in [1.29, 1.82) is 0 Å². The molecule has 4 aromatic rings. The molecule has 7 heteroatoms. The number of fused-ring (bicyclic) bond motifs is 1. The second-order valence-electron chi connectivity index (χ2n) is 7.52. The molecule has 1 saturated heterocycles. The van der Waals surface area contributed by atoms with Crippen LogP contribution in [0.3, 0.4) is 0 Å². The van der Waals surface area contributed by atoms with Gasteiger partial charge in [-0.15, -0.1) is 0 Å². The molecule has 0 aliphatic carbocycles. The number of rotatable bonds is 4. The highest BCUT2D eigenvalue weighted by molar-refractivity contribution is 5.94. The summed E-state index contributed by atoms with van der Waals surface area (Å²) in [7, 11) is 1.80. The highest BCUT2D eigenvalue weighted by Crippen LogP contribution is 2.33. The van der Waals surface area contributed by atoms with Gasteiger partial charge in [-0.2, -0.15) is 0 Å². The molecular formula is C23H23N5O2. The van der Waals surface area contributed by atoms with Crippen LogP contribution >= 0.6 is 0 Å². The number of aliphatic hydroxyl groups excluding tert-OH is 1. The van der Waals surface area contributed by atoms with E-state index in [0.717, 1.165) is 65.1 Å². The predicted molar refractivity (Wildman–Crippen MR) is 117 cm³/mol. The van der Waals surface area contributed by atoms with Gasteiger partial charge in [-0.1, -0.05) is 11.2 Å². The SMILES string of the molecule is CNc1nccc(-c2ccc3noc(-c4ccc(N5CCC(O)CC5)cc4)c3c2)n1. The van der Waals surface area contributed by atoms with E-state index in [2.05, 4.69) is 55.7 Å². The number of hydrogen-bond acceptors (Lipinski definition) is 7. The van der Waals surface area contributed by atoms with E-state index in [1.165, 1.54) is 0 Å². The molecule has 152 valence electrons. The van der Waals surface area contributed by atoms with E-state index in [1.807, 2.05) is 18.2 Å². The lowest BCUT2D eigenvalue weighted by atomic mass is 10.0. The molecule has 0 unspecified atom stereocenters. The minimum atomic E-state index is -0.172. The van der Waals surface area contributed by atoms with Gasteiger partial charge in [0.05, 0.1) is 17.2 Å². The van der Waals surface area contributed by atoms with E-state index >= 15 is 0 Å². The second-order valence-corrected chi connectivity index (χ2v) is 7.52. The van der Waals surface area contributed by atoms with Crippen molar-refractivity contribution in [2.24, 2.45) is 0 Å². The van der Waals surface area contributed by atoms with Gasteiger partial charge in [0.15, 0.2) is 5.76 Å². The van der Waals surface area contributed by atoms with Gasteiger partial charge in [0, 0.05) is 43.1 Å². The van der Waals surface area contributed by atoms with Gasteiger partial charge >= 0.3 is 0 Å². The van der Waals surface area contributed by atoms with Crippen LogP contribution in [0, 0.1) is 0 Å². The third kappa shape index (κ3) is 3.48. The maximum atomic E-state index is 9.72. The van der Waals surface area contributed by atoms with E-state index in [9.17, 15) is 5.11 Å². The molecule has 3 heterocycles. The van der Waals surface area contributed by atoms with Crippen molar-refractivity contribution in [2.75, 3.05) is 30.4 Å². The Morgan fingerprint density at radius 2 is 1.80 bits per heavy atom. The molecule has 0 amide bonds. The number of anilines is 2. The maximum absolute atomic E-state index is 9.72. The zero-order valence-electron chi connectivity index (χ0n) is 16.7. The molecule has 1 aliphatic rings. The molecule has 7 nitrogen and oxygen atoms in total. The van der Waals surface area contributed by atoms with Crippen molar-refractivity contribution in [3.8, 4) is 22.6 Å². The Morgan fingerprint density at radius 3 is 2.57 bits per heavy atom. The smallest absolute Gasteiger partial charge is 0.222 e. The number of aromatic nitrogens is 3. The van der Waals surface area contributed by atoms with Crippen molar-refractivity contribution in [1.82, 2.24) is 15.1 Å². The van der Waals surface area contributed by atoms with Crippen LogP contribution in [0.2, 0.25) is 0 Å². The second kappa shape index (κ2) is 7.76. The van der Waals surface area contributed by atoms with Crippen LogP contribution in [-0.2, 0) is 0 Å². The Hall–Kier alpha value is -3.45. The summed E-state index contributed by atoms with van der Waals surface area (Å²) in [5.41, 5.74) is 4.77. The van der Waals surface area contributed by atoms with E-state index in [4.69, 9.17) is 4.52 Å². The van der Waals surface area contributed by atoms with Crippen LogP contribution in [0.15, 0.2) is 59.3 Å². The molecule has 0 saturated carbocycles. The lowest BCUT2D eigenvalue weighted by Crippen LogP contribution is -2.35. The summed E-state index contributed by atoms with van der Waals surface area (Å²) in [6, 6.07) is 16.2. The summed E-state index contributed by atoms with van der Waals surface area (Å²) in [6.07, 6.45) is 3.20. The third-order valence-corrected chi connectivity index (χ3v) is 5.61. The topological polar surface area (TPSA) is 87.3 Å². The minimum Gasteiger partial charge on any atom is -0.393 e. The van der Waals surface area contributed by atoms with Crippen molar-refractivity contribution < 1.29 is 9.63 Å². The standard InChI is InChI=1S/C23H23N5O2/c1-24-23-25-11-8-20(26-23)16-4-7-21-19(14-16)22(30-27-21)15-2-5-17(6-3-15)28-12-9-18(29)10-13-28/h2-8,11,14,18,29H,9-10,12-13H2,1H3,(H,24,25,26). The van der Waals surface area contributed by atoms with E-state index < -0.39 is 0 Å². The van der Waals surface area contributed by atoms with E-state index in [-0.39, 0.29) is 6.10 Å². The Kier molecular flexibility index (Phi) is 4.80. The molecule has 5 rings (SSSR count). The van der Waals surface area contributed by atoms with Crippen molar-refractivity contribution >= 4 is 22.5 Å². The monoisotopic (exact) mass is 401 g/mol. The molecule has 2 aromatic carbocycles. The lowest BCUT2D eigenvalue weighted by Gasteiger charge is -2.31. The Morgan fingerprint density at radius 1 is 1.03 bits per heavy atom. The average Bonchev–Trinajstić information content (AvgIpc) is 3.23. The van der Waals surface area contributed by atoms with Gasteiger partial charge in [-0.3, -0.25) is 0 Å². The molecule has 1 fully saturated rings. The van der Waals surface area contributed by atoms with E-state index in [1.54, 1.807) is 13.2 Å². The van der Waals surface area contributed by atoms with E-state index in [0.29, 0.717) is 5.95 Å². The summed E-state index contributed by atoms with van der Waals surface area (Å²) in [6.45, 7) is 1.76. The summed E-state index contributed by atoms with van der Waals surface area (Å²) >= 11 is 0. The van der Waals surface area contributed by atoms with Crippen LogP contribution in [0.4, 0.5) is 11.6 Å². The zero-order chi connectivity index (χ0) is 20.5. The number of benzene rings is 2. The van der Waals surface area contributed by atoms with Gasteiger partial charge in [0.1, 0.15) is 5.52 Å². The number of piperidine rings is 1. The van der Waals surface area contributed by atoms with Crippen LogP contribution in [-0.4, -0.2) is 46.5 Å². The predicted octanol–water partition coefficient (Wildman–Crippen LogP) is 3.95. The summed E-state index contributed by atoms with van der Waals surface area (Å²) in [5.74, 6) is 1.33. The first-order valence-corrected chi connectivity index (χ1v) is 10.2. The Labute approximate surface area is 174 Å². The fraction of sp³-hybridized carbons (Fsp3) is 0.261. The number of nitrogens with one attached hydrogen (secondary N) is 1. The van der Waals surface area contributed by atoms with Crippen LogP contribution in [0.5, 0.6) is 0 Å². The molecule has 0 spiro atoms. The summed E-state index contributed by atoms with van der Waals surface area (Å²) in [4.78, 5) is 11.0. The number of nitrogens with zero attached hydrogens (tertiary/aromatic N) is 4. The summed E-state index contributed by atoms with van der Waals surface area (Å²) in [5, 5.41) is 17.9. The van der Waals surface area contributed by atoms with Crippen LogP contribution in [0.1, 0.15) is 12.8 Å². The quantitative estimate of drug-likeness (QED) is 0.535. The molecule has 30 heavy (non-hydrogen) atoms. The van der Waals surface area contributed by atoms with Gasteiger partial charge in [-0.05, 0) is 55.3 Å². The molecule has 2 aromatic heterocycles. The van der Waals surface area contributed by atoms with Crippen molar-refractivity contribution in [2.45, 2.75) is 18.9 Å². The highest BCUT2D eigenvalue weighted by atomic mass is 16.5. The van der Waals surface area contributed by atoms with Crippen molar-refractivity contribution in [3.05, 3.63) is 54.7 Å². The first-order chi connectivity index (χ1) is 14.7. The number of aliphatic hydroxyl groups is 1. The molecular weight excluding hydrogens is 378 g/mol. The Bertz CT molecular complexity index is 1160. The zero-order valence-corrected chi connectivity index (χ0v) is 16.7.